The van der Waals surface area contributed by atoms with Crippen LogP contribution >= 0.6 is 0 Å². The van der Waals surface area contributed by atoms with E-state index < -0.39 is 0 Å². The van der Waals surface area contributed by atoms with Gasteiger partial charge in [0.25, 0.3) is 0 Å². The number of aryl methyl sites for hydroxylation is 1. The summed E-state index contributed by atoms with van der Waals surface area (Å²) in [7, 11) is 0. The average molecular weight is 242 g/mol. The van der Waals surface area contributed by atoms with E-state index in [1.165, 1.54) is 38.5 Å². The Morgan fingerprint density at radius 3 is 2.22 bits per heavy atom. The molecule has 1 heterocycles. The van der Waals surface area contributed by atoms with Gasteiger partial charge in [-0.3, -0.25) is 0 Å². The Hall–Kier alpha value is -1.30. The van der Waals surface area contributed by atoms with Crippen molar-refractivity contribution >= 4 is 0 Å². The van der Waals surface area contributed by atoms with Crippen LogP contribution in [0.4, 0.5) is 0 Å². The molecule has 4 aliphatic carbocycles. The van der Waals surface area contributed by atoms with Crippen molar-refractivity contribution in [1.29, 1.82) is 5.26 Å². The zero-order valence-corrected chi connectivity index (χ0v) is 10.8. The number of nitrogens with zero attached hydrogens (tertiary/aromatic N) is 2. The summed E-state index contributed by atoms with van der Waals surface area (Å²) >= 11 is 0. The lowest BCUT2D eigenvalue weighted by atomic mass is 9.48. The van der Waals surface area contributed by atoms with Crippen LogP contribution in [0.25, 0.3) is 0 Å². The van der Waals surface area contributed by atoms with E-state index in [9.17, 15) is 5.26 Å². The van der Waals surface area contributed by atoms with Crippen molar-refractivity contribution in [3.63, 3.8) is 0 Å². The van der Waals surface area contributed by atoms with E-state index in [2.05, 4.69) is 11.2 Å². The van der Waals surface area contributed by atoms with Crippen LogP contribution in [0.5, 0.6) is 0 Å². The van der Waals surface area contributed by atoms with Crippen LogP contribution in [0.15, 0.2) is 4.52 Å². The Morgan fingerprint density at radius 1 is 1.17 bits per heavy atom. The fourth-order valence-electron chi connectivity index (χ4n) is 5.27. The molecule has 0 aliphatic heterocycles. The van der Waals surface area contributed by atoms with E-state index in [1.54, 1.807) is 0 Å². The fourth-order valence-corrected chi connectivity index (χ4v) is 5.27. The van der Waals surface area contributed by atoms with Gasteiger partial charge in [0, 0.05) is 5.41 Å². The van der Waals surface area contributed by atoms with E-state index >= 15 is 0 Å². The largest absolute Gasteiger partial charge is 0.360 e. The highest BCUT2D eigenvalue weighted by Gasteiger charge is 2.53. The molecule has 0 saturated heterocycles. The summed E-state index contributed by atoms with van der Waals surface area (Å²) in [5.41, 5.74) is 1.89. The van der Waals surface area contributed by atoms with Gasteiger partial charge in [0.2, 0.25) is 0 Å². The number of nitriles is 1. The van der Waals surface area contributed by atoms with Gasteiger partial charge in [0.1, 0.15) is 17.3 Å². The van der Waals surface area contributed by atoms with E-state index in [4.69, 9.17) is 4.52 Å². The number of aromatic nitrogens is 1. The first-order chi connectivity index (χ1) is 8.70. The molecule has 0 radical (unpaired) electrons. The molecule has 0 spiro atoms. The lowest BCUT2D eigenvalue weighted by Crippen LogP contribution is -2.49. The maximum Gasteiger partial charge on any atom is 0.151 e. The highest BCUT2D eigenvalue weighted by molar-refractivity contribution is 5.41. The molecule has 4 saturated carbocycles. The summed E-state index contributed by atoms with van der Waals surface area (Å²) in [6, 6.07) is 2.31. The zero-order valence-electron chi connectivity index (χ0n) is 10.8. The SMILES string of the molecule is Cc1onc(C23CC4CC(CC(C4)C2)C3)c1C#N. The topological polar surface area (TPSA) is 49.8 Å². The van der Waals surface area contributed by atoms with Crippen LogP contribution in [0.1, 0.15) is 55.5 Å². The number of rotatable bonds is 1. The van der Waals surface area contributed by atoms with Gasteiger partial charge in [-0.2, -0.15) is 5.26 Å². The van der Waals surface area contributed by atoms with Crippen molar-refractivity contribution in [2.75, 3.05) is 0 Å². The molecule has 4 aliphatic rings. The average Bonchev–Trinajstić information content (AvgIpc) is 2.69. The molecule has 0 aromatic carbocycles. The summed E-state index contributed by atoms with van der Waals surface area (Å²) < 4.78 is 5.30. The third-order valence-electron chi connectivity index (χ3n) is 5.52. The summed E-state index contributed by atoms with van der Waals surface area (Å²) in [6.07, 6.45) is 7.95. The van der Waals surface area contributed by atoms with E-state index in [1.807, 2.05) is 6.92 Å². The van der Waals surface area contributed by atoms with E-state index in [0.29, 0.717) is 5.76 Å². The predicted molar refractivity (Wildman–Crippen MR) is 65.8 cm³/mol. The van der Waals surface area contributed by atoms with Crippen LogP contribution < -0.4 is 0 Å². The van der Waals surface area contributed by atoms with Crippen LogP contribution in [-0.4, -0.2) is 5.16 Å². The van der Waals surface area contributed by atoms with Crippen LogP contribution in [0, 0.1) is 36.0 Å². The maximum absolute atomic E-state index is 9.34. The van der Waals surface area contributed by atoms with E-state index in [-0.39, 0.29) is 5.41 Å². The number of hydrogen-bond acceptors (Lipinski definition) is 3. The Labute approximate surface area is 107 Å². The predicted octanol–water partition coefficient (Wildman–Crippen LogP) is 3.32. The molecule has 3 heteroatoms. The molecule has 1 aromatic rings. The Balaban J connectivity index is 1.82. The molecule has 3 nitrogen and oxygen atoms in total. The summed E-state index contributed by atoms with van der Waals surface area (Å²) in [5.74, 6) is 3.32. The van der Waals surface area contributed by atoms with Gasteiger partial charge in [0.15, 0.2) is 5.76 Å². The maximum atomic E-state index is 9.34. The van der Waals surface area contributed by atoms with Gasteiger partial charge in [-0.1, -0.05) is 5.16 Å². The molecule has 1 aromatic heterocycles. The third kappa shape index (κ3) is 1.27. The van der Waals surface area contributed by atoms with Crippen molar-refractivity contribution in [3.05, 3.63) is 17.0 Å². The van der Waals surface area contributed by atoms with Gasteiger partial charge in [-0.25, -0.2) is 0 Å². The molecule has 4 bridgehead atoms. The van der Waals surface area contributed by atoms with Gasteiger partial charge < -0.3 is 4.52 Å². The zero-order chi connectivity index (χ0) is 12.3. The molecular weight excluding hydrogens is 224 g/mol. The molecule has 0 unspecified atom stereocenters. The third-order valence-corrected chi connectivity index (χ3v) is 5.52. The standard InChI is InChI=1S/C15H18N2O/c1-9-13(8-16)14(17-18-9)15-5-10-2-11(6-15)4-12(3-10)7-15/h10-12H,2-7H2,1H3. The second-order valence-electron chi connectivity index (χ2n) is 6.77. The second kappa shape index (κ2) is 3.38. The van der Waals surface area contributed by atoms with Crippen molar-refractivity contribution in [3.8, 4) is 6.07 Å². The number of hydrogen-bond donors (Lipinski definition) is 0. The Kier molecular flexibility index (Phi) is 1.99. The van der Waals surface area contributed by atoms with Crippen molar-refractivity contribution in [2.24, 2.45) is 17.8 Å². The monoisotopic (exact) mass is 242 g/mol. The molecule has 0 N–H and O–H groups in total. The summed E-state index contributed by atoms with van der Waals surface area (Å²) in [4.78, 5) is 0. The van der Waals surface area contributed by atoms with Gasteiger partial charge in [-0.05, 0) is 63.2 Å². The lowest BCUT2D eigenvalue weighted by Gasteiger charge is -2.56. The molecule has 5 rings (SSSR count). The first kappa shape index (κ1) is 10.6. The summed E-state index contributed by atoms with van der Waals surface area (Å²) in [6.45, 7) is 1.86. The van der Waals surface area contributed by atoms with Gasteiger partial charge in [-0.15, -0.1) is 0 Å². The minimum atomic E-state index is 0.178. The molecule has 18 heavy (non-hydrogen) atoms. The quantitative estimate of drug-likeness (QED) is 0.759. The fraction of sp³-hybridized carbons (Fsp3) is 0.733. The van der Waals surface area contributed by atoms with Gasteiger partial charge >= 0.3 is 0 Å². The smallest absolute Gasteiger partial charge is 0.151 e. The van der Waals surface area contributed by atoms with Crippen LogP contribution in [0.3, 0.4) is 0 Å². The molecule has 94 valence electrons. The minimum absolute atomic E-state index is 0.178. The lowest BCUT2D eigenvalue weighted by molar-refractivity contribution is -0.00857. The first-order valence-corrected chi connectivity index (χ1v) is 7.07. The van der Waals surface area contributed by atoms with Gasteiger partial charge in [0.05, 0.1) is 0 Å². The van der Waals surface area contributed by atoms with Crippen molar-refractivity contribution in [1.82, 2.24) is 5.16 Å². The molecule has 0 amide bonds. The second-order valence-corrected chi connectivity index (χ2v) is 6.77. The highest BCUT2D eigenvalue weighted by Crippen LogP contribution is 2.60. The van der Waals surface area contributed by atoms with Crippen LogP contribution in [-0.2, 0) is 5.41 Å². The normalized spacial score (nSPS) is 41.0. The molecule has 4 fully saturated rings. The summed E-state index contributed by atoms with van der Waals surface area (Å²) in [5, 5.41) is 13.6. The minimum Gasteiger partial charge on any atom is -0.360 e. The highest BCUT2D eigenvalue weighted by atomic mass is 16.5. The van der Waals surface area contributed by atoms with E-state index in [0.717, 1.165) is 29.0 Å². The first-order valence-electron chi connectivity index (χ1n) is 7.07. The molecule has 0 atom stereocenters. The Bertz CT molecular complexity index is 502. The van der Waals surface area contributed by atoms with Crippen molar-refractivity contribution < 1.29 is 4.52 Å². The van der Waals surface area contributed by atoms with Crippen molar-refractivity contribution in [2.45, 2.75) is 50.9 Å². The van der Waals surface area contributed by atoms with Crippen LogP contribution in [0.2, 0.25) is 0 Å². The Morgan fingerprint density at radius 2 is 1.72 bits per heavy atom. The molecular formula is C15H18N2O.